The minimum absolute atomic E-state index is 0.103. The van der Waals surface area contributed by atoms with Crippen molar-refractivity contribution in [2.75, 3.05) is 52.7 Å². The van der Waals surface area contributed by atoms with Gasteiger partial charge in [0.05, 0.1) is 45.2 Å². The van der Waals surface area contributed by atoms with Crippen LogP contribution in [0.5, 0.6) is 0 Å². The number of fused-ring (bicyclic) bond motifs is 5. The van der Waals surface area contributed by atoms with Crippen molar-refractivity contribution in [2.45, 2.75) is 227 Å². The lowest BCUT2D eigenvalue weighted by atomic mass is 9.46. The Bertz CT molecular complexity index is 1300. The lowest BCUT2D eigenvalue weighted by molar-refractivity contribution is -0.0995. The quantitative estimate of drug-likeness (QED) is 0.0497. The van der Waals surface area contributed by atoms with Gasteiger partial charge in [0.25, 0.3) is 0 Å². The van der Waals surface area contributed by atoms with E-state index < -0.39 is 0 Å². The second-order valence-corrected chi connectivity index (χ2v) is 22.7. The zero-order valence-electron chi connectivity index (χ0n) is 42.7. The summed E-state index contributed by atoms with van der Waals surface area (Å²) >= 11 is 0. The minimum atomic E-state index is 0.103. The topological polar surface area (TPSA) is 40.2 Å². The smallest absolute Gasteiger partial charge is 0.0936 e. The number of hydrogen-bond acceptors (Lipinski definition) is 5. The molecule has 4 aliphatic carbocycles. The lowest BCUT2D eigenvalue weighted by Gasteiger charge is -2.59. The van der Waals surface area contributed by atoms with E-state index in [-0.39, 0.29) is 6.10 Å². The number of hydrogen-bond donors (Lipinski definition) is 0. The van der Waals surface area contributed by atoms with Crippen LogP contribution in [-0.4, -0.2) is 75.9 Å². The van der Waals surface area contributed by atoms with Crippen LogP contribution < -0.4 is 0 Å². The maximum Gasteiger partial charge on any atom is 0.0936 e. The van der Waals surface area contributed by atoms with Gasteiger partial charge in [0, 0.05) is 19.2 Å². The maximum atomic E-state index is 6.54. The largest absolute Gasteiger partial charge is 0.379 e. The highest BCUT2D eigenvalue weighted by atomic mass is 16.6. The van der Waals surface area contributed by atoms with E-state index >= 15 is 0 Å². The van der Waals surface area contributed by atoms with E-state index in [0.29, 0.717) is 61.9 Å². The number of ether oxygens (including phenoxy) is 4. The van der Waals surface area contributed by atoms with Gasteiger partial charge >= 0.3 is 0 Å². The fourth-order valence-corrected chi connectivity index (χ4v) is 13.7. The van der Waals surface area contributed by atoms with E-state index in [9.17, 15) is 0 Å². The molecule has 5 nitrogen and oxygen atoms in total. The van der Waals surface area contributed by atoms with E-state index in [1.165, 1.54) is 154 Å². The van der Waals surface area contributed by atoms with Crippen LogP contribution >= 0.6 is 0 Å². The average molecular weight is 878 g/mol. The van der Waals surface area contributed by atoms with Crippen molar-refractivity contribution in [3.63, 3.8) is 0 Å². The molecule has 0 aromatic carbocycles. The molecule has 0 spiro atoms. The van der Waals surface area contributed by atoms with E-state index in [1.54, 1.807) is 0 Å². The molecule has 1 heterocycles. The van der Waals surface area contributed by atoms with Gasteiger partial charge in [-0.25, -0.2) is 0 Å². The second kappa shape index (κ2) is 29.0. The zero-order valence-corrected chi connectivity index (χ0v) is 42.7. The van der Waals surface area contributed by atoms with Gasteiger partial charge in [-0.05, 0) is 162 Å². The van der Waals surface area contributed by atoms with Crippen molar-refractivity contribution in [3.05, 3.63) is 36.5 Å². The molecule has 0 aromatic rings. The van der Waals surface area contributed by atoms with Gasteiger partial charge in [0.1, 0.15) is 0 Å². The first kappa shape index (κ1) is 53.0. The number of piperidine rings is 1. The highest BCUT2D eigenvalue weighted by Crippen LogP contribution is 2.67. The van der Waals surface area contributed by atoms with Gasteiger partial charge in [-0.3, -0.25) is 4.90 Å². The summed E-state index contributed by atoms with van der Waals surface area (Å²) in [4.78, 5) is 2.62. The molecule has 5 aliphatic rings. The predicted octanol–water partition coefficient (Wildman–Crippen LogP) is 15.4. The Balaban J connectivity index is 0.924. The molecule has 3 saturated carbocycles. The molecule has 0 aromatic heterocycles. The summed E-state index contributed by atoms with van der Waals surface area (Å²) in [6.07, 6.45) is 48.3. The van der Waals surface area contributed by atoms with Gasteiger partial charge in [0.15, 0.2) is 0 Å². The Morgan fingerprint density at radius 2 is 1.41 bits per heavy atom. The standard InChI is InChI=1S/C58H103NO4/c1-8-9-10-11-12-13-14-15-16-17-18-19-20-21-22-25-39-61-46-52(45-59-38-24-23-29-49(59)5)63-43-41-60-40-42-62-51-34-36-57(6)50(44-51)30-31-53-55-33-32-54(48(4)28-26-27-47(2)3)58(55,7)37-35-56(53)57/h12-13,15-16,30-31,47-56H,8-11,14,17-29,32-46H2,1-7H3/t48-,49-,50?,51+,52?,53?,54-,55?,56?,57+,58-/m1/s1. The summed E-state index contributed by atoms with van der Waals surface area (Å²) in [5.41, 5.74) is 0.977. The summed E-state index contributed by atoms with van der Waals surface area (Å²) in [6.45, 7) is 23.7. The molecule has 5 rings (SSSR count). The lowest BCUT2D eigenvalue weighted by Crippen LogP contribution is -2.52. The molecule has 5 heteroatoms. The first-order valence-electron chi connectivity index (χ1n) is 27.8. The molecule has 5 unspecified atom stereocenters. The Labute approximate surface area is 391 Å². The van der Waals surface area contributed by atoms with Crippen LogP contribution in [0.25, 0.3) is 0 Å². The van der Waals surface area contributed by atoms with E-state index in [4.69, 9.17) is 18.9 Å². The molecule has 364 valence electrons. The first-order valence-corrected chi connectivity index (χ1v) is 27.8. The van der Waals surface area contributed by atoms with Crippen molar-refractivity contribution in [1.82, 2.24) is 4.90 Å². The summed E-state index contributed by atoms with van der Waals surface area (Å²) in [7, 11) is 0. The summed E-state index contributed by atoms with van der Waals surface area (Å²) in [6, 6.07) is 0.630. The Kier molecular flexibility index (Phi) is 24.4. The van der Waals surface area contributed by atoms with Crippen LogP contribution in [0.1, 0.15) is 209 Å². The molecule has 0 bridgehead atoms. The third kappa shape index (κ3) is 16.9. The number of likely N-dealkylation sites (tertiary alicyclic amines) is 1. The molecule has 11 atom stereocenters. The predicted molar refractivity (Wildman–Crippen MR) is 268 cm³/mol. The van der Waals surface area contributed by atoms with E-state index in [1.807, 2.05) is 0 Å². The molecule has 63 heavy (non-hydrogen) atoms. The van der Waals surface area contributed by atoms with Crippen molar-refractivity contribution in [2.24, 2.45) is 52.3 Å². The van der Waals surface area contributed by atoms with Gasteiger partial charge < -0.3 is 18.9 Å². The number of nitrogens with zero attached hydrogens (tertiary/aromatic N) is 1. The van der Waals surface area contributed by atoms with E-state index in [0.717, 1.165) is 61.5 Å². The fraction of sp³-hybridized carbons (Fsp3) is 0.897. The highest BCUT2D eigenvalue weighted by molar-refractivity contribution is 5.18. The molecular formula is C58H103NO4. The number of rotatable bonds is 32. The number of allylic oxidation sites excluding steroid dienone is 6. The molecule has 4 fully saturated rings. The Morgan fingerprint density at radius 1 is 0.683 bits per heavy atom. The van der Waals surface area contributed by atoms with Gasteiger partial charge in [0.2, 0.25) is 0 Å². The fourth-order valence-electron chi connectivity index (χ4n) is 13.7. The third-order valence-electron chi connectivity index (χ3n) is 17.6. The highest BCUT2D eigenvalue weighted by Gasteiger charge is 2.59. The van der Waals surface area contributed by atoms with Gasteiger partial charge in [-0.15, -0.1) is 0 Å². The average Bonchev–Trinajstić information content (AvgIpc) is 3.63. The Hall–Kier alpha value is -0.980. The summed E-state index contributed by atoms with van der Waals surface area (Å²) in [5, 5.41) is 0. The van der Waals surface area contributed by atoms with Crippen molar-refractivity contribution in [1.29, 1.82) is 0 Å². The first-order chi connectivity index (χ1) is 30.7. The van der Waals surface area contributed by atoms with Crippen molar-refractivity contribution in [3.8, 4) is 0 Å². The second-order valence-electron chi connectivity index (χ2n) is 22.7. The van der Waals surface area contributed by atoms with Crippen molar-refractivity contribution >= 4 is 0 Å². The summed E-state index contributed by atoms with van der Waals surface area (Å²) in [5.74, 6) is 5.83. The molecular weight excluding hydrogens is 775 g/mol. The molecule has 0 radical (unpaired) electrons. The maximum absolute atomic E-state index is 6.54. The van der Waals surface area contributed by atoms with Crippen LogP contribution in [0.2, 0.25) is 0 Å². The molecule has 0 amide bonds. The van der Waals surface area contributed by atoms with Gasteiger partial charge in [-0.1, -0.05) is 142 Å². The van der Waals surface area contributed by atoms with Crippen molar-refractivity contribution < 1.29 is 18.9 Å². The Morgan fingerprint density at radius 3 is 2.19 bits per heavy atom. The monoisotopic (exact) mass is 878 g/mol. The number of unbranched alkanes of at least 4 members (excludes halogenated alkanes) is 9. The van der Waals surface area contributed by atoms with E-state index in [2.05, 4.69) is 89.8 Å². The van der Waals surface area contributed by atoms with Crippen LogP contribution in [0, 0.1) is 52.3 Å². The molecule has 1 saturated heterocycles. The summed E-state index contributed by atoms with van der Waals surface area (Å²) < 4.78 is 25.4. The zero-order chi connectivity index (χ0) is 44.8. The van der Waals surface area contributed by atoms with Crippen LogP contribution in [-0.2, 0) is 18.9 Å². The van der Waals surface area contributed by atoms with Crippen LogP contribution in [0.4, 0.5) is 0 Å². The minimum Gasteiger partial charge on any atom is -0.379 e. The SMILES string of the molecule is CCCCCC=CCC=CCCCCCCCCOCC(CN1CCCC[C@H]1C)OCCOCCO[C@H]1CC[C@@]2(C)C(C=CC3C2CC[C@@]2(C)C3CC[C@@H]2[C@H](C)CCCC(C)C)C1. The molecule has 1 aliphatic heterocycles. The molecule has 0 N–H and O–H groups in total. The van der Waals surface area contributed by atoms with Gasteiger partial charge in [-0.2, -0.15) is 0 Å². The normalized spacial score (nSPS) is 32.1. The van der Waals surface area contributed by atoms with Crippen LogP contribution in [0.3, 0.4) is 0 Å². The van der Waals surface area contributed by atoms with Crippen LogP contribution in [0.15, 0.2) is 36.5 Å². The third-order valence-corrected chi connectivity index (χ3v) is 17.6.